The van der Waals surface area contributed by atoms with E-state index in [0.717, 1.165) is 44.2 Å². The molecule has 0 aromatic carbocycles. The van der Waals surface area contributed by atoms with Crippen molar-refractivity contribution >= 4 is 19.0 Å². The lowest BCUT2D eigenvalue weighted by Crippen LogP contribution is -2.39. The van der Waals surface area contributed by atoms with Gasteiger partial charge < -0.3 is 25.0 Å². The monoisotopic (exact) mass is 587 g/mol. The third kappa shape index (κ3) is 29.3. The molecule has 41 heavy (non-hydrogen) atoms. The first kappa shape index (κ1) is 51.7. The minimum atomic E-state index is -0.00135. The summed E-state index contributed by atoms with van der Waals surface area (Å²) < 4.78 is 0. The molecule has 1 saturated heterocycles. The number of unbranched alkanes of at least 4 members (excludes halogenated alkanes) is 1. The Labute approximate surface area is 258 Å². The molecule has 0 radical (unpaired) electrons. The van der Waals surface area contributed by atoms with Crippen molar-refractivity contribution in [3.8, 4) is 0 Å². The molecule has 2 aliphatic rings. The zero-order valence-electron chi connectivity index (χ0n) is 30.3. The number of nitrogens with one attached hydrogen (secondary N) is 1. The second-order valence-corrected chi connectivity index (χ2v) is 8.76. The minimum Gasteiger partial charge on any atom is -0.400 e. The average Bonchev–Trinajstić information content (AvgIpc) is 3.56. The molecule has 2 unspecified atom stereocenters. The molecule has 1 aliphatic heterocycles. The summed E-state index contributed by atoms with van der Waals surface area (Å²) in [6, 6.07) is -0.00135. The quantitative estimate of drug-likeness (QED) is 0.209. The lowest BCUT2D eigenvalue weighted by atomic mass is 10.0. The highest BCUT2D eigenvalue weighted by Gasteiger charge is 2.49. The van der Waals surface area contributed by atoms with Gasteiger partial charge in [0.1, 0.15) is 6.29 Å². The van der Waals surface area contributed by atoms with Crippen molar-refractivity contribution in [1.82, 2.24) is 15.1 Å². The van der Waals surface area contributed by atoms with Gasteiger partial charge in [-0.1, -0.05) is 109 Å². The van der Waals surface area contributed by atoms with Gasteiger partial charge in [0.2, 0.25) is 0 Å². The zero-order chi connectivity index (χ0) is 33.9. The van der Waals surface area contributed by atoms with Gasteiger partial charge in [-0.25, -0.2) is 4.79 Å². The molecule has 1 saturated carbocycles. The van der Waals surface area contributed by atoms with Gasteiger partial charge in [-0.2, -0.15) is 0 Å². The van der Waals surface area contributed by atoms with Crippen LogP contribution in [0.5, 0.6) is 0 Å². The number of urea groups is 1. The van der Waals surface area contributed by atoms with Crippen molar-refractivity contribution in [2.24, 2.45) is 16.3 Å². The highest BCUT2D eigenvalue weighted by Crippen LogP contribution is 2.54. The summed E-state index contributed by atoms with van der Waals surface area (Å²) in [7, 11) is 3.16. The van der Waals surface area contributed by atoms with E-state index in [1.165, 1.54) is 25.7 Å². The van der Waals surface area contributed by atoms with Gasteiger partial charge in [-0.05, 0) is 62.2 Å². The van der Waals surface area contributed by atoms with E-state index < -0.39 is 0 Å². The van der Waals surface area contributed by atoms with E-state index in [9.17, 15) is 9.59 Å². The molecular formula is C34H74N4O3. The Bertz CT molecular complexity index is 607. The number of aldehydes is 1. The van der Waals surface area contributed by atoms with Gasteiger partial charge in [0.25, 0.3) is 0 Å². The first-order valence-corrected chi connectivity index (χ1v) is 16.1. The van der Waals surface area contributed by atoms with Crippen molar-refractivity contribution in [2.75, 3.05) is 46.9 Å². The maximum absolute atomic E-state index is 12.3. The fraction of sp³-hybridized carbons (Fsp3) is 0.794. The van der Waals surface area contributed by atoms with Crippen LogP contribution in [0.4, 0.5) is 4.79 Å². The van der Waals surface area contributed by atoms with Crippen molar-refractivity contribution in [2.45, 2.75) is 122 Å². The Morgan fingerprint density at radius 1 is 1.05 bits per heavy atom. The third-order valence-corrected chi connectivity index (χ3v) is 6.04. The molecular weight excluding hydrogens is 512 g/mol. The zero-order valence-corrected chi connectivity index (χ0v) is 30.3. The highest BCUT2D eigenvalue weighted by molar-refractivity contribution is 5.76. The third-order valence-electron chi connectivity index (χ3n) is 6.04. The Kier molecular flexibility index (Phi) is 50.7. The number of hydrogen-bond acceptors (Lipinski definition) is 5. The van der Waals surface area contributed by atoms with Gasteiger partial charge in [0, 0.05) is 39.4 Å². The van der Waals surface area contributed by atoms with Crippen LogP contribution in [0.1, 0.15) is 122 Å². The molecule has 7 nitrogen and oxygen atoms in total. The number of aliphatic imine (C=N–C) groups is 1. The first-order chi connectivity index (χ1) is 19.7. The summed E-state index contributed by atoms with van der Waals surface area (Å²) >= 11 is 0. The number of likely N-dealkylation sites (tertiary alicyclic amines) is 1. The summed E-state index contributed by atoms with van der Waals surface area (Å²) in [5.41, 5.74) is 2.34. The van der Waals surface area contributed by atoms with Crippen LogP contribution in [0.3, 0.4) is 0 Å². The number of carbonyl (C=O) groups excluding carboxylic acids is 2. The second-order valence-electron chi connectivity index (χ2n) is 8.76. The minimum absolute atomic E-state index is 0.00135. The second kappa shape index (κ2) is 40.2. The summed E-state index contributed by atoms with van der Waals surface area (Å²) in [6.07, 6.45) is 8.26. The van der Waals surface area contributed by atoms with Gasteiger partial charge in [-0.15, -0.1) is 0 Å². The van der Waals surface area contributed by atoms with E-state index >= 15 is 0 Å². The number of nitrogens with zero attached hydrogens (tertiary/aromatic N) is 3. The molecule has 1 heterocycles. The van der Waals surface area contributed by atoms with Crippen molar-refractivity contribution in [3.63, 3.8) is 0 Å². The number of hydrogen-bond donors (Lipinski definition) is 2. The Hall–Kier alpha value is -1.99. The molecule has 2 fully saturated rings. The Morgan fingerprint density at radius 3 is 1.88 bits per heavy atom. The number of rotatable bonds is 9. The Morgan fingerprint density at radius 2 is 1.51 bits per heavy atom. The topological polar surface area (TPSA) is 85.2 Å². The fourth-order valence-electron chi connectivity index (χ4n) is 3.15. The van der Waals surface area contributed by atoms with Crippen molar-refractivity contribution in [1.29, 1.82) is 0 Å². The van der Waals surface area contributed by atoms with Gasteiger partial charge >= 0.3 is 6.03 Å². The Balaban J connectivity index is -0.000000142. The first-order valence-electron chi connectivity index (χ1n) is 16.1. The van der Waals surface area contributed by atoms with Gasteiger partial charge in [-0.3, -0.25) is 4.99 Å². The lowest BCUT2D eigenvalue weighted by molar-refractivity contribution is -0.107. The summed E-state index contributed by atoms with van der Waals surface area (Å²) in [5, 5.41) is 10.1. The van der Waals surface area contributed by atoms with Gasteiger partial charge in [0.15, 0.2) is 0 Å². The van der Waals surface area contributed by atoms with E-state index in [4.69, 9.17) is 5.11 Å². The van der Waals surface area contributed by atoms with E-state index in [2.05, 4.69) is 63.2 Å². The molecule has 0 bridgehead atoms. The molecule has 2 rings (SSSR count). The molecule has 2 amide bonds. The van der Waals surface area contributed by atoms with E-state index in [-0.39, 0.29) is 6.03 Å². The van der Waals surface area contributed by atoms with Crippen LogP contribution in [-0.2, 0) is 4.79 Å². The molecule has 2 N–H and O–H groups in total. The largest absolute Gasteiger partial charge is 0.400 e. The van der Waals surface area contributed by atoms with Crippen LogP contribution < -0.4 is 5.32 Å². The predicted molar refractivity (Wildman–Crippen MR) is 186 cm³/mol. The van der Waals surface area contributed by atoms with Gasteiger partial charge in [0.05, 0.1) is 0 Å². The maximum atomic E-state index is 12.3. The van der Waals surface area contributed by atoms with Crippen LogP contribution in [-0.4, -0.2) is 80.8 Å². The summed E-state index contributed by atoms with van der Waals surface area (Å²) in [5.74, 6) is 0.604. The summed E-state index contributed by atoms with van der Waals surface area (Å²) in [4.78, 5) is 29.4. The number of carbonyl (C=O) groups is 2. The normalized spacial score (nSPS) is 18.1. The van der Waals surface area contributed by atoms with Crippen LogP contribution in [0.25, 0.3) is 0 Å². The summed E-state index contributed by atoms with van der Waals surface area (Å²) in [6.45, 7) is 38.3. The highest BCUT2D eigenvalue weighted by atomic mass is 16.2. The van der Waals surface area contributed by atoms with Crippen LogP contribution in [0.15, 0.2) is 28.9 Å². The predicted octanol–water partition coefficient (Wildman–Crippen LogP) is 8.64. The van der Waals surface area contributed by atoms with Crippen molar-refractivity contribution in [3.05, 3.63) is 23.9 Å². The molecule has 0 aromatic rings. The maximum Gasteiger partial charge on any atom is 0.318 e. The molecule has 2 atom stereocenters. The van der Waals surface area contributed by atoms with Crippen molar-refractivity contribution < 1.29 is 14.7 Å². The lowest BCUT2D eigenvalue weighted by Gasteiger charge is -2.19. The van der Waals surface area contributed by atoms with E-state index in [1.807, 2.05) is 62.3 Å². The van der Waals surface area contributed by atoms with Crippen LogP contribution in [0, 0.1) is 11.3 Å². The molecule has 0 spiro atoms. The van der Waals surface area contributed by atoms with E-state index in [1.54, 1.807) is 11.1 Å². The standard InChI is InChI=1S/C18H30N4O.C4H10.C3H6O.4C2H6.CH4O/c1-6-21(5)8-7-18(3)9-16(18)11-20-17(23)22-12-14(2)15(13-22)10-19-4;1-3-4-2;1-2-3-4;5*1-2/h10,16H,2,4,6-9,11-13H2,1,3,5H3,(H,20,23);3-4H2,1-2H3;3H,2H2,1H3;4*1-2H3;2H,1H3/b15-10-;;;;;;;. The SMILES string of the molecule is C=N/C=C1/CN(C(=O)NCC2CC2(C)CCN(C)CC)CC1=C.CC.CC.CC.CC.CCC=O.CCCC.CO. The number of aliphatic hydroxyl groups is 1. The number of aliphatic hydroxyl groups excluding tert-OH is 1. The average molecular weight is 587 g/mol. The van der Waals surface area contributed by atoms with Crippen LogP contribution in [0.2, 0.25) is 0 Å². The molecule has 1 aliphatic carbocycles. The molecule has 0 aromatic heterocycles. The van der Waals surface area contributed by atoms with Crippen LogP contribution >= 0.6 is 0 Å². The number of amides is 2. The fourth-order valence-corrected chi connectivity index (χ4v) is 3.15. The smallest absolute Gasteiger partial charge is 0.318 e. The molecule has 248 valence electrons. The van der Waals surface area contributed by atoms with E-state index in [0.29, 0.717) is 30.8 Å². The molecule has 7 heteroatoms.